The van der Waals surface area contributed by atoms with E-state index in [9.17, 15) is 4.79 Å². The van der Waals surface area contributed by atoms with Crippen molar-refractivity contribution in [2.45, 2.75) is 0 Å². The number of carbonyl (C=O) groups excluding carboxylic acids is 1. The van der Waals surface area contributed by atoms with Gasteiger partial charge >= 0.3 is 0 Å². The molecule has 7 heteroatoms. The molecule has 1 aromatic carbocycles. The van der Waals surface area contributed by atoms with E-state index in [0.29, 0.717) is 28.4 Å². The third kappa shape index (κ3) is 4.02. The molecule has 5 nitrogen and oxygen atoms in total. The molecule has 0 spiro atoms. The SMILES string of the molecule is C=Cc1ccc(-c2csc(-c3cccc(-c4ccc(C=O)c(OC)n4)c3Cl)c2)nc1OC. The molecule has 0 saturated carbocycles. The van der Waals surface area contributed by atoms with E-state index in [1.807, 2.05) is 35.7 Å². The fraction of sp³-hybridized carbons (Fsp3) is 0.0800. The van der Waals surface area contributed by atoms with E-state index in [1.165, 1.54) is 7.11 Å². The van der Waals surface area contributed by atoms with Crippen molar-refractivity contribution >= 4 is 35.3 Å². The zero-order chi connectivity index (χ0) is 22.7. The summed E-state index contributed by atoms with van der Waals surface area (Å²) in [6, 6.07) is 15.1. The number of pyridine rings is 2. The van der Waals surface area contributed by atoms with Crippen molar-refractivity contribution in [2.75, 3.05) is 14.2 Å². The van der Waals surface area contributed by atoms with E-state index in [2.05, 4.69) is 22.6 Å². The predicted molar refractivity (Wildman–Crippen MR) is 130 cm³/mol. The molecule has 0 aliphatic rings. The van der Waals surface area contributed by atoms with Gasteiger partial charge in [-0.1, -0.05) is 42.5 Å². The lowest BCUT2D eigenvalue weighted by Gasteiger charge is -2.10. The number of aldehydes is 1. The van der Waals surface area contributed by atoms with Gasteiger partial charge in [0.15, 0.2) is 6.29 Å². The van der Waals surface area contributed by atoms with Crippen LogP contribution in [-0.4, -0.2) is 30.5 Å². The minimum atomic E-state index is 0.264. The maximum atomic E-state index is 11.2. The maximum Gasteiger partial charge on any atom is 0.224 e. The predicted octanol–water partition coefficient (Wildman–Crippen LogP) is 6.67. The van der Waals surface area contributed by atoms with Gasteiger partial charge in [-0.15, -0.1) is 11.3 Å². The van der Waals surface area contributed by atoms with Crippen molar-refractivity contribution in [1.82, 2.24) is 9.97 Å². The fourth-order valence-electron chi connectivity index (χ4n) is 3.32. The van der Waals surface area contributed by atoms with Crippen LogP contribution in [0.25, 0.3) is 39.0 Å². The number of methoxy groups -OCH3 is 2. The molecule has 160 valence electrons. The summed E-state index contributed by atoms with van der Waals surface area (Å²) in [5, 5.41) is 2.61. The Bertz CT molecular complexity index is 1320. The maximum absolute atomic E-state index is 11.2. The molecule has 0 bridgehead atoms. The van der Waals surface area contributed by atoms with Crippen LogP contribution in [0, 0.1) is 0 Å². The number of hydrogen-bond donors (Lipinski definition) is 0. The van der Waals surface area contributed by atoms with E-state index < -0.39 is 0 Å². The first-order valence-electron chi connectivity index (χ1n) is 9.65. The molecule has 3 aromatic heterocycles. The van der Waals surface area contributed by atoms with Crippen molar-refractivity contribution in [3.63, 3.8) is 0 Å². The highest BCUT2D eigenvalue weighted by Crippen LogP contribution is 2.40. The van der Waals surface area contributed by atoms with Crippen LogP contribution in [0.1, 0.15) is 15.9 Å². The first kappa shape index (κ1) is 21.7. The Morgan fingerprint density at radius 1 is 0.938 bits per heavy atom. The number of ether oxygens (including phenoxy) is 2. The van der Waals surface area contributed by atoms with Crippen molar-refractivity contribution in [1.29, 1.82) is 0 Å². The Hall–Kier alpha value is -3.48. The zero-order valence-corrected chi connectivity index (χ0v) is 19.0. The van der Waals surface area contributed by atoms with Crippen LogP contribution < -0.4 is 9.47 Å². The van der Waals surface area contributed by atoms with Crippen LogP contribution in [0.2, 0.25) is 5.02 Å². The third-order valence-electron chi connectivity index (χ3n) is 4.95. The number of nitrogens with zero attached hydrogens (tertiary/aromatic N) is 2. The van der Waals surface area contributed by atoms with Gasteiger partial charge in [0.1, 0.15) is 0 Å². The van der Waals surface area contributed by atoms with Gasteiger partial charge in [0, 0.05) is 32.5 Å². The lowest BCUT2D eigenvalue weighted by atomic mass is 10.0. The minimum absolute atomic E-state index is 0.264. The van der Waals surface area contributed by atoms with Crippen LogP contribution in [0.3, 0.4) is 0 Å². The molecule has 0 radical (unpaired) electrons. The summed E-state index contributed by atoms with van der Waals surface area (Å²) in [7, 11) is 3.07. The van der Waals surface area contributed by atoms with Gasteiger partial charge in [-0.05, 0) is 30.3 Å². The summed E-state index contributed by atoms with van der Waals surface area (Å²) < 4.78 is 10.6. The molecule has 0 saturated heterocycles. The summed E-state index contributed by atoms with van der Waals surface area (Å²) in [6.07, 6.45) is 2.43. The highest BCUT2D eigenvalue weighted by molar-refractivity contribution is 7.14. The molecule has 0 atom stereocenters. The zero-order valence-electron chi connectivity index (χ0n) is 17.5. The third-order valence-corrected chi connectivity index (χ3v) is 6.32. The molecule has 3 heterocycles. The van der Waals surface area contributed by atoms with Crippen molar-refractivity contribution in [2.24, 2.45) is 0 Å². The topological polar surface area (TPSA) is 61.3 Å². The van der Waals surface area contributed by atoms with Gasteiger partial charge in [0.05, 0.1) is 36.2 Å². The summed E-state index contributed by atoms with van der Waals surface area (Å²) in [6.45, 7) is 3.79. The van der Waals surface area contributed by atoms with Gasteiger partial charge in [0.2, 0.25) is 11.8 Å². The second kappa shape index (κ2) is 9.34. The van der Waals surface area contributed by atoms with Gasteiger partial charge in [0.25, 0.3) is 0 Å². The summed E-state index contributed by atoms with van der Waals surface area (Å²) in [5.41, 5.74) is 5.26. The molecule has 0 N–H and O–H groups in total. The Morgan fingerprint density at radius 3 is 2.31 bits per heavy atom. The second-order valence-corrected chi connectivity index (χ2v) is 8.07. The Balaban J connectivity index is 1.73. The molecule has 0 fully saturated rings. The summed E-state index contributed by atoms with van der Waals surface area (Å²) in [5.74, 6) is 0.796. The highest BCUT2D eigenvalue weighted by Gasteiger charge is 2.16. The molecule has 0 aliphatic heterocycles. The quantitative estimate of drug-likeness (QED) is 0.287. The molecule has 4 aromatic rings. The first-order chi connectivity index (χ1) is 15.6. The van der Waals surface area contributed by atoms with Crippen LogP contribution >= 0.6 is 22.9 Å². The first-order valence-corrected chi connectivity index (χ1v) is 10.9. The second-order valence-electron chi connectivity index (χ2n) is 6.78. The van der Waals surface area contributed by atoms with Gasteiger partial charge in [-0.25, -0.2) is 9.97 Å². The van der Waals surface area contributed by atoms with Crippen molar-refractivity contribution in [3.8, 4) is 44.7 Å². The lowest BCUT2D eigenvalue weighted by Crippen LogP contribution is -1.96. The fourth-order valence-corrected chi connectivity index (χ4v) is 4.63. The van der Waals surface area contributed by atoms with E-state index >= 15 is 0 Å². The van der Waals surface area contributed by atoms with Crippen LogP contribution in [0.15, 0.2) is 60.5 Å². The van der Waals surface area contributed by atoms with Gasteiger partial charge in [-0.2, -0.15) is 0 Å². The number of aromatic nitrogens is 2. The molecule has 0 amide bonds. The van der Waals surface area contributed by atoms with Crippen molar-refractivity contribution in [3.05, 3.63) is 76.6 Å². The van der Waals surface area contributed by atoms with Crippen LogP contribution in [-0.2, 0) is 0 Å². The highest BCUT2D eigenvalue weighted by atomic mass is 35.5. The van der Waals surface area contributed by atoms with Crippen LogP contribution in [0.4, 0.5) is 0 Å². The largest absolute Gasteiger partial charge is 0.481 e. The Kier molecular flexibility index (Phi) is 6.35. The monoisotopic (exact) mass is 462 g/mol. The minimum Gasteiger partial charge on any atom is -0.481 e. The number of thiophene rings is 1. The number of hydrogen-bond acceptors (Lipinski definition) is 6. The molecular formula is C25H19ClN2O3S. The average Bonchev–Trinajstić information content (AvgIpc) is 3.33. The molecular weight excluding hydrogens is 444 g/mol. The number of benzene rings is 1. The van der Waals surface area contributed by atoms with Crippen molar-refractivity contribution < 1.29 is 14.3 Å². The lowest BCUT2D eigenvalue weighted by molar-refractivity contribution is 0.112. The number of rotatable bonds is 7. The van der Waals surface area contributed by atoms with E-state index in [-0.39, 0.29) is 5.88 Å². The normalized spacial score (nSPS) is 10.6. The molecule has 4 rings (SSSR count). The average molecular weight is 463 g/mol. The smallest absolute Gasteiger partial charge is 0.224 e. The molecule has 0 aliphatic carbocycles. The standard InChI is InChI=1S/C25H19ClN2O3S/c1-4-15-8-10-20(27-24(15)30-2)17-12-22(32-14-17)19-7-5-6-18(23(19)26)21-11-9-16(13-29)25(28-21)31-3/h4-14H,1H2,2-3H3. The summed E-state index contributed by atoms with van der Waals surface area (Å²) in [4.78, 5) is 21.2. The molecule has 32 heavy (non-hydrogen) atoms. The van der Waals surface area contributed by atoms with Gasteiger partial charge < -0.3 is 9.47 Å². The Morgan fingerprint density at radius 2 is 1.59 bits per heavy atom. The number of halogens is 1. The van der Waals surface area contributed by atoms with Gasteiger partial charge in [-0.3, -0.25) is 4.79 Å². The van der Waals surface area contributed by atoms with Crippen LogP contribution in [0.5, 0.6) is 11.8 Å². The van der Waals surface area contributed by atoms with E-state index in [1.54, 1.807) is 36.7 Å². The van der Waals surface area contributed by atoms with E-state index in [4.69, 9.17) is 21.1 Å². The molecule has 0 unspecified atom stereocenters. The van der Waals surface area contributed by atoms with E-state index in [0.717, 1.165) is 32.8 Å². The number of carbonyl (C=O) groups is 1. The Labute approximate surface area is 195 Å². The summed E-state index contributed by atoms with van der Waals surface area (Å²) >= 11 is 8.37.